The highest BCUT2D eigenvalue weighted by Crippen LogP contribution is 2.14. The number of amides is 1. The van der Waals surface area contributed by atoms with Crippen LogP contribution < -0.4 is 5.32 Å². The van der Waals surface area contributed by atoms with Crippen molar-refractivity contribution in [2.24, 2.45) is 0 Å². The highest BCUT2D eigenvalue weighted by Gasteiger charge is 2.37. The molecule has 0 aliphatic rings. The van der Waals surface area contributed by atoms with E-state index in [-0.39, 0.29) is 6.61 Å². The second-order valence-corrected chi connectivity index (χ2v) is 4.27. The van der Waals surface area contributed by atoms with Crippen LogP contribution in [-0.4, -0.2) is 81.8 Å². The molecule has 0 aromatic carbocycles. The molecule has 20 heavy (non-hydrogen) atoms. The predicted octanol–water partition coefficient (Wildman–Crippen LogP) is -1.51. The van der Waals surface area contributed by atoms with Crippen molar-refractivity contribution in [3.63, 3.8) is 0 Å². The number of aliphatic hydroxyl groups is 2. The van der Waals surface area contributed by atoms with Crippen molar-refractivity contribution in [3.05, 3.63) is 0 Å². The molecule has 0 heterocycles. The Morgan fingerprint density at radius 2 is 1.65 bits per heavy atom. The van der Waals surface area contributed by atoms with Crippen LogP contribution in [0.4, 0.5) is 0 Å². The molecule has 0 radical (unpaired) electrons. The van der Waals surface area contributed by atoms with Gasteiger partial charge < -0.3 is 34.5 Å². The first-order valence-electron chi connectivity index (χ1n) is 6.13. The number of nitrogens with one attached hydrogen (secondary N) is 1. The van der Waals surface area contributed by atoms with Gasteiger partial charge in [0.2, 0.25) is 5.91 Å². The van der Waals surface area contributed by atoms with Crippen LogP contribution in [0, 0.1) is 0 Å². The fraction of sp³-hybridized carbons (Fsp3) is 0.917. The Labute approximate surface area is 119 Å². The summed E-state index contributed by atoms with van der Waals surface area (Å²) in [6, 6.07) is 0. The van der Waals surface area contributed by atoms with Crippen LogP contribution in [0.2, 0.25) is 0 Å². The number of carbonyl (C=O) groups excluding carboxylic acids is 1. The van der Waals surface area contributed by atoms with E-state index in [1.807, 2.05) is 0 Å². The Balaban J connectivity index is 4.86. The zero-order valence-electron chi connectivity index (χ0n) is 12.5. The molecule has 120 valence electrons. The normalized spacial score (nSPS) is 18.9. The Bertz CT molecular complexity index is 277. The van der Waals surface area contributed by atoms with E-state index in [0.29, 0.717) is 0 Å². The highest BCUT2D eigenvalue weighted by atomic mass is 16.6. The van der Waals surface area contributed by atoms with E-state index in [4.69, 9.17) is 18.9 Å². The zero-order chi connectivity index (χ0) is 15.7. The van der Waals surface area contributed by atoms with E-state index in [1.165, 1.54) is 35.4 Å². The van der Waals surface area contributed by atoms with Crippen molar-refractivity contribution in [2.45, 2.75) is 37.6 Å². The average Bonchev–Trinajstić information content (AvgIpc) is 2.43. The quantitative estimate of drug-likeness (QED) is 0.421. The minimum Gasteiger partial charge on any atom is -0.387 e. The number of aliphatic hydroxyl groups excluding tert-OH is 2. The van der Waals surface area contributed by atoms with Gasteiger partial charge in [0.1, 0.15) is 24.4 Å². The van der Waals surface area contributed by atoms with Crippen molar-refractivity contribution in [1.82, 2.24) is 5.32 Å². The van der Waals surface area contributed by atoms with E-state index in [2.05, 4.69) is 5.32 Å². The summed E-state index contributed by atoms with van der Waals surface area (Å²) in [5, 5.41) is 22.6. The molecule has 1 unspecified atom stereocenters. The van der Waals surface area contributed by atoms with Crippen LogP contribution in [0.15, 0.2) is 0 Å². The van der Waals surface area contributed by atoms with Crippen molar-refractivity contribution < 1.29 is 34.0 Å². The van der Waals surface area contributed by atoms with Gasteiger partial charge in [0.25, 0.3) is 0 Å². The van der Waals surface area contributed by atoms with E-state index >= 15 is 0 Å². The van der Waals surface area contributed by atoms with Crippen LogP contribution >= 0.6 is 0 Å². The number of methoxy groups -OCH3 is 4. The summed E-state index contributed by atoms with van der Waals surface area (Å²) >= 11 is 0. The van der Waals surface area contributed by atoms with Gasteiger partial charge >= 0.3 is 0 Å². The summed E-state index contributed by atoms with van der Waals surface area (Å²) in [5.41, 5.74) is 0. The van der Waals surface area contributed by atoms with Crippen molar-refractivity contribution in [2.75, 3.05) is 35.0 Å². The molecule has 0 aliphatic carbocycles. The number of hydrogen-bond acceptors (Lipinski definition) is 7. The minimum absolute atomic E-state index is 0.177. The molecule has 0 spiro atoms. The van der Waals surface area contributed by atoms with Crippen LogP contribution in [0.25, 0.3) is 0 Å². The molecule has 1 amide bonds. The molecule has 0 aromatic heterocycles. The summed E-state index contributed by atoms with van der Waals surface area (Å²) in [6.07, 6.45) is -5.20. The largest absolute Gasteiger partial charge is 0.387 e. The SMILES string of the molecule is COC[C@@H](OC)[C@H](OC)[C@H](O)[C@@H](O)C(NC(C)=O)OC. The first-order chi connectivity index (χ1) is 9.42. The van der Waals surface area contributed by atoms with Gasteiger partial charge in [-0.15, -0.1) is 0 Å². The fourth-order valence-electron chi connectivity index (χ4n) is 1.83. The molecule has 0 fully saturated rings. The van der Waals surface area contributed by atoms with Gasteiger partial charge in [0.05, 0.1) is 6.61 Å². The number of ether oxygens (including phenoxy) is 4. The third-order valence-corrected chi connectivity index (χ3v) is 2.87. The fourth-order valence-corrected chi connectivity index (χ4v) is 1.83. The standard InChI is InChI=1S/C12H25NO7/c1-7(14)13-12(20-5)10(16)9(15)11(19-4)8(18-3)6-17-2/h8-12,15-16H,6H2,1-5H3,(H,13,14)/t8-,9-,10-,11+,12?/m1/s1. The highest BCUT2D eigenvalue weighted by molar-refractivity contribution is 5.73. The van der Waals surface area contributed by atoms with E-state index in [9.17, 15) is 15.0 Å². The molecule has 5 atom stereocenters. The zero-order valence-corrected chi connectivity index (χ0v) is 12.5. The smallest absolute Gasteiger partial charge is 0.218 e. The van der Waals surface area contributed by atoms with Crippen LogP contribution in [0.5, 0.6) is 0 Å². The summed E-state index contributed by atoms with van der Waals surface area (Å²) in [5.74, 6) is -0.391. The van der Waals surface area contributed by atoms with Gasteiger partial charge in [-0.1, -0.05) is 0 Å². The topological polar surface area (TPSA) is 106 Å². The van der Waals surface area contributed by atoms with Gasteiger partial charge in [-0.3, -0.25) is 4.79 Å². The molecular formula is C12H25NO7. The summed E-state index contributed by atoms with van der Waals surface area (Å²) in [4.78, 5) is 11.0. The summed E-state index contributed by atoms with van der Waals surface area (Å²) in [6.45, 7) is 1.46. The molecule has 8 heteroatoms. The second-order valence-electron chi connectivity index (χ2n) is 4.27. The lowest BCUT2D eigenvalue weighted by atomic mass is 10.0. The lowest BCUT2D eigenvalue weighted by molar-refractivity contribution is -0.170. The Kier molecular flexibility index (Phi) is 9.64. The lowest BCUT2D eigenvalue weighted by Crippen LogP contribution is -2.56. The Morgan fingerprint density at radius 1 is 1.05 bits per heavy atom. The van der Waals surface area contributed by atoms with Crippen molar-refractivity contribution in [1.29, 1.82) is 0 Å². The summed E-state index contributed by atoms with van der Waals surface area (Å²) < 4.78 is 20.2. The third kappa shape index (κ3) is 5.70. The second kappa shape index (κ2) is 10.0. The van der Waals surface area contributed by atoms with Crippen LogP contribution in [0.1, 0.15) is 6.92 Å². The van der Waals surface area contributed by atoms with E-state index in [1.54, 1.807) is 0 Å². The van der Waals surface area contributed by atoms with Gasteiger partial charge in [-0.05, 0) is 0 Å². The Morgan fingerprint density at radius 3 is 2.00 bits per heavy atom. The first kappa shape index (κ1) is 19.2. The molecule has 3 N–H and O–H groups in total. The van der Waals surface area contributed by atoms with Gasteiger partial charge in [-0.2, -0.15) is 0 Å². The third-order valence-electron chi connectivity index (χ3n) is 2.87. The molecular weight excluding hydrogens is 270 g/mol. The Hall–Kier alpha value is -0.770. The van der Waals surface area contributed by atoms with Crippen molar-refractivity contribution >= 4 is 5.91 Å². The maximum atomic E-state index is 11.0. The lowest BCUT2D eigenvalue weighted by Gasteiger charge is -2.33. The van der Waals surface area contributed by atoms with E-state index < -0.39 is 36.6 Å². The molecule has 0 rings (SSSR count). The molecule has 8 nitrogen and oxygen atoms in total. The van der Waals surface area contributed by atoms with Gasteiger partial charge in [0.15, 0.2) is 6.23 Å². The maximum absolute atomic E-state index is 11.0. The van der Waals surface area contributed by atoms with Crippen LogP contribution in [0.3, 0.4) is 0 Å². The molecule has 0 bridgehead atoms. The maximum Gasteiger partial charge on any atom is 0.218 e. The van der Waals surface area contributed by atoms with E-state index in [0.717, 1.165) is 0 Å². The number of rotatable bonds is 10. The first-order valence-corrected chi connectivity index (χ1v) is 6.13. The average molecular weight is 295 g/mol. The minimum atomic E-state index is -1.39. The number of hydrogen-bond donors (Lipinski definition) is 3. The molecule has 0 aliphatic heterocycles. The van der Waals surface area contributed by atoms with Crippen molar-refractivity contribution in [3.8, 4) is 0 Å². The monoisotopic (exact) mass is 295 g/mol. The number of carbonyl (C=O) groups is 1. The predicted molar refractivity (Wildman–Crippen MR) is 70.1 cm³/mol. The molecule has 0 aromatic rings. The molecule has 0 saturated carbocycles. The van der Waals surface area contributed by atoms with Gasteiger partial charge in [0, 0.05) is 35.4 Å². The molecule has 0 saturated heterocycles. The summed E-state index contributed by atoms with van der Waals surface area (Å²) in [7, 11) is 5.61. The van der Waals surface area contributed by atoms with Crippen LogP contribution in [-0.2, 0) is 23.7 Å². The van der Waals surface area contributed by atoms with Gasteiger partial charge in [-0.25, -0.2) is 0 Å².